The van der Waals surface area contributed by atoms with E-state index >= 15 is 0 Å². The molecule has 1 heterocycles. The van der Waals surface area contributed by atoms with Gasteiger partial charge < -0.3 is 19.9 Å². The highest BCUT2D eigenvalue weighted by molar-refractivity contribution is 6.34. The summed E-state index contributed by atoms with van der Waals surface area (Å²) in [6.07, 6.45) is 0.105. The summed E-state index contributed by atoms with van der Waals surface area (Å²) in [5.41, 5.74) is 2.48. The van der Waals surface area contributed by atoms with E-state index in [9.17, 15) is 14.4 Å². The van der Waals surface area contributed by atoms with E-state index in [1.54, 1.807) is 38.2 Å². The first kappa shape index (κ1) is 21.6. The molecule has 158 valence electrons. The normalized spacial score (nSPS) is 15.8. The number of carbonyl (C=O) groups is 3. The second-order valence-electron chi connectivity index (χ2n) is 7.46. The zero-order valence-corrected chi connectivity index (χ0v) is 18.1. The molecular weight excluding hydrogens is 406 g/mol. The maximum Gasteiger partial charge on any atom is 0.254 e. The summed E-state index contributed by atoms with van der Waals surface area (Å²) in [5, 5.41) is 3.04. The number of nitrogens with zero attached hydrogens (tertiary/aromatic N) is 2. The van der Waals surface area contributed by atoms with Gasteiger partial charge in [0, 0.05) is 32.7 Å². The van der Waals surface area contributed by atoms with E-state index in [0.29, 0.717) is 22.7 Å². The molecule has 0 radical (unpaired) electrons. The van der Waals surface area contributed by atoms with Crippen molar-refractivity contribution in [2.45, 2.75) is 13.3 Å². The third kappa shape index (κ3) is 4.41. The van der Waals surface area contributed by atoms with Gasteiger partial charge in [0.1, 0.15) is 5.75 Å². The van der Waals surface area contributed by atoms with Crippen LogP contribution in [0.4, 0.5) is 11.4 Å². The van der Waals surface area contributed by atoms with Gasteiger partial charge in [-0.15, -0.1) is 0 Å². The lowest BCUT2D eigenvalue weighted by atomic mass is 10.1. The summed E-state index contributed by atoms with van der Waals surface area (Å²) in [6.45, 7) is 2.19. The minimum atomic E-state index is -0.510. The topological polar surface area (TPSA) is 79.0 Å². The number of hydrogen-bond acceptors (Lipinski definition) is 4. The lowest BCUT2D eigenvalue weighted by Crippen LogP contribution is -2.28. The molecule has 0 aliphatic carbocycles. The van der Waals surface area contributed by atoms with E-state index in [-0.39, 0.29) is 35.7 Å². The number of hydrogen-bond donors (Lipinski definition) is 1. The average molecular weight is 430 g/mol. The van der Waals surface area contributed by atoms with Crippen LogP contribution in [0.5, 0.6) is 5.75 Å². The molecule has 0 spiro atoms. The Hall–Kier alpha value is -3.06. The summed E-state index contributed by atoms with van der Waals surface area (Å²) in [4.78, 5) is 40.4. The van der Waals surface area contributed by atoms with Crippen molar-refractivity contribution in [3.8, 4) is 5.75 Å². The fraction of sp³-hybridized carbons (Fsp3) is 0.318. The van der Waals surface area contributed by atoms with E-state index in [4.69, 9.17) is 16.3 Å². The van der Waals surface area contributed by atoms with Crippen molar-refractivity contribution in [2.75, 3.05) is 38.0 Å². The summed E-state index contributed by atoms with van der Waals surface area (Å²) >= 11 is 6.21. The minimum absolute atomic E-state index is 0.105. The Morgan fingerprint density at radius 2 is 1.93 bits per heavy atom. The van der Waals surface area contributed by atoms with Crippen LogP contribution < -0.4 is 15.0 Å². The molecule has 1 aliphatic heterocycles. The highest BCUT2D eigenvalue weighted by Crippen LogP contribution is 2.34. The number of ether oxygens (including phenoxy) is 1. The van der Waals surface area contributed by atoms with E-state index in [0.717, 1.165) is 5.56 Å². The molecular formula is C22H24ClN3O4. The fourth-order valence-electron chi connectivity index (χ4n) is 3.38. The predicted molar refractivity (Wildman–Crippen MR) is 116 cm³/mol. The van der Waals surface area contributed by atoms with E-state index < -0.39 is 5.92 Å². The van der Waals surface area contributed by atoms with Crippen LogP contribution in [0.15, 0.2) is 36.4 Å². The lowest BCUT2D eigenvalue weighted by Gasteiger charge is -2.20. The third-order valence-corrected chi connectivity index (χ3v) is 5.31. The van der Waals surface area contributed by atoms with Crippen LogP contribution in [0.25, 0.3) is 0 Å². The van der Waals surface area contributed by atoms with Gasteiger partial charge in [-0.2, -0.15) is 0 Å². The molecule has 7 nitrogen and oxygen atoms in total. The molecule has 0 aromatic heterocycles. The van der Waals surface area contributed by atoms with Gasteiger partial charge in [-0.1, -0.05) is 17.7 Å². The Bertz CT molecular complexity index is 1010. The molecule has 1 unspecified atom stereocenters. The molecule has 1 aliphatic rings. The first-order valence-electron chi connectivity index (χ1n) is 9.48. The molecule has 1 fully saturated rings. The number of aryl methyl sites for hydroxylation is 1. The van der Waals surface area contributed by atoms with Gasteiger partial charge in [-0.25, -0.2) is 0 Å². The quantitative estimate of drug-likeness (QED) is 0.790. The second-order valence-corrected chi connectivity index (χ2v) is 7.87. The molecule has 1 N–H and O–H groups in total. The summed E-state index contributed by atoms with van der Waals surface area (Å²) < 4.78 is 5.37. The summed E-state index contributed by atoms with van der Waals surface area (Å²) in [5.74, 6) is -0.557. The van der Waals surface area contributed by atoms with Gasteiger partial charge in [0.05, 0.1) is 29.3 Å². The Morgan fingerprint density at radius 1 is 1.20 bits per heavy atom. The third-order valence-electron chi connectivity index (χ3n) is 4.99. The van der Waals surface area contributed by atoms with E-state index in [1.807, 2.05) is 25.1 Å². The monoisotopic (exact) mass is 429 g/mol. The van der Waals surface area contributed by atoms with Crippen LogP contribution in [0.3, 0.4) is 0 Å². The predicted octanol–water partition coefficient (Wildman–Crippen LogP) is 3.35. The van der Waals surface area contributed by atoms with Crippen molar-refractivity contribution in [1.82, 2.24) is 4.90 Å². The van der Waals surface area contributed by atoms with Crippen LogP contribution in [0.1, 0.15) is 22.3 Å². The molecule has 2 aromatic rings. The van der Waals surface area contributed by atoms with Gasteiger partial charge in [0.25, 0.3) is 5.91 Å². The first-order valence-corrected chi connectivity index (χ1v) is 9.86. The van der Waals surface area contributed by atoms with Gasteiger partial charge in [-0.3, -0.25) is 14.4 Å². The van der Waals surface area contributed by atoms with Crippen LogP contribution in [-0.4, -0.2) is 50.4 Å². The highest BCUT2D eigenvalue weighted by atomic mass is 35.5. The minimum Gasteiger partial charge on any atom is -0.495 e. The van der Waals surface area contributed by atoms with Crippen molar-refractivity contribution >= 4 is 40.7 Å². The van der Waals surface area contributed by atoms with E-state index in [2.05, 4.69) is 5.32 Å². The maximum atomic E-state index is 12.8. The van der Waals surface area contributed by atoms with Crippen molar-refractivity contribution < 1.29 is 19.1 Å². The number of benzene rings is 2. The van der Waals surface area contributed by atoms with Crippen molar-refractivity contribution in [3.05, 3.63) is 52.5 Å². The summed E-state index contributed by atoms with van der Waals surface area (Å²) in [6, 6.07) is 10.3. The molecule has 0 bridgehead atoms. The SMILES string of the molecule is COc1ccc(C)cc1N1CC(C(=O)Nc2ccc(C(=O)N(C)C)c(Cl)c2)CC1=O. The van der Waals surface area contributed by atoms with E-state index in [1.165, 1.54) is 11.0 Å². The molecule has 1 saturated heterocycles. The fourth-order valence-corrected chi connectivity index (χ4v) is 3.64. The van der Waals surface area contributed by atoms with Crippen LogP contribution in [0.2, 0.25) is 5.02 Å². The van der Waals surface area contributed by atoms with Gasteiger partial charge in [0.2, 0.25) is 11.8 Å². The molecule has 2 aromatic carbocycles. The Kier molecular flexibility index (Phi) is 6.31. The van der Waals surface area contributed by atoms with Crippen molar-refractivity contribution in [1.29, 1.82) is 0 Å². The number of nitrogens with one attached hydrogen (secondary N) is 1. The van der Waals surface area contributed by atoms with Crippen molar-refractivity contribution in [2.24, 2.45) is 5.92 Å². The van der Waals surface area contributed by atoms with Gasteiger partial charge in [-0.05, 0) is 42.8 Å². The second kappa shape index (κ2) is 8.75. The molecule has 30 heavy (non-hydrogen) atoms. The van der Waals surface area contributed by atoms with Crippen molar-refractivity contribution in [3.63, 3.8) is 0 Å². The van der Waals surface area contributed by atoms with Gasteiger partial charge in [0.15, 0.2) is 0 Å². The zero-order valence-electron chi connectivity index (χ0n) is 17.4. The average Bonchev–Trinajstić information content (AvgIpc) is 3.09. The van der Waals surface area contributed by atoms with Crippen LogP contribution >= 0.6 is 11.6 Å². The largest absolute Gasteiger partial charge is 0.495 e. The first-order chi connectivity index (χ1) is 14.2. The summed E-state index contributed by atoms with van der Waals surface area (Å²) in [7, 11) is 4.83. The Morgan fingerprint density at radius 3 is 2.57 bits per heavy atom. The molecule has 3 amide bonds. The highest BCUT2D eigenvalue weighted by Gasteiger charge is 2.36. The molecule has 3 rings (SSSR count). The number of amides is 3. The molecule has 1 atom stereocenters. The maximum absolute atomic E-state index is 12.8. The van der Waals surface area contributed by atoms with Crippen LogP contribution in [-0.2, 0) is 9.59 Å². The number of carbonyl (C=O) groups excluding carboxylic acids is 3. The lowest BCUT2D eigenvalue weighted by molar-refractivity contribution is -0.122. The zero-order chi connectivity index (χ0) is 22.0. The smallest absolute Gasteiger partial charge is 0.254 e. The van der Waals surface area contributed by atoms with Gasteiger partial charge >= 0.3 is 0 Å². The number of rotatable bonds is 5. The molecule has 8 heteroatoms. The molecule has 0 saturated carbocycles. The number of methoxy groups -OCH3 is 1. The Balaban J connectivity index is 1.73. The number of halogens is 1. The Labute approximate surface area is 180 Å². The standard InChI is InChI=1S/C22H24ClN3O4/c1-13-5-8-19(30-4)18(9-13)26-12-14(10-20(26)27)21(28)24-15-6-7-16(17(23)11-15)22(29)25(2)3/h5-9,11,14H,10,12H2,1-4H3,(H,24,28). The van der Waals surface area contributed by atoms with Crippen LogP contribution in [0, 0.1) is 12.8 Å². The number of anilines is 2.